The molecule has 2 aliphatic heterocycles. The van der Waals surface area contributed by atoms with Crippen LogP contribution in [0.5, 0.6) is 5.75 Å². The lowest BCUT2D eigenvalue weighted by atomic mass is 9.97. The van der Waals surface area contributed by atoms with Crippen LogP contribution in [0.4, 0.5) is 0 Å². The maximum absolute atomic E-state index is 12.4. The molecule has 0 aliphatic carbocycles. The van der Waals surface area contributed by atoms with Gasteiger partial charge in [0.2, 0.25) is 0 Å². The van der Waals surface area contributed by atoms with Crippen molar-refractivity contribution in [3.05, 3.63) is 29.8 Å². The van der Waals surface area contributed by atoms with Crippen LogP contribution in [0.2, 0.25) is 0 Å². The van der Waals surface area contributed by atoms with Crippen molar-refractivity contribution in [1.29, 1.82) is 0 Å². The van der Waals surface area contributed by atoms with Gasteiger partial charge in [-0.1, -0.05) is 18.2 Å². The summed E-state index contributed by atoms with van der Waals surface area (Å²) in [7, 11) is 2.14. The fraction of sp³-hybridized carbons (Fsp3) is 0.588. The fourth-order valence-corrected chi connectivity index (χ4v) is 3.79. The molecule has 2 heterocycles. The number of rotatable bonds is 4. The largest absolute Gasteiger partial charge is 0.508 e. The number of aliphatic hydroxyl groups excluding tert-OH is 1. The van der Waals surface area contributed by atoms with E-state index in [4.69, 9.17) is 4.74 Å². The van der Waals surface area contributed by atoms with Gasteiger partial charge in [0, 0.05) is 17.6 Å². The predicted molar refractivity (Wildman–Crippen MR) is 81.6 cm³/mol. The first-order valence-electron chi connectivity index (χ1n) is 7.91. The zero-order valence-corrected chi connectivity index (χ0v) is 12.8. The van der Waals surface area contributed by atoms with Crippen LogP contribution in [0.25, 0.3) is 0 Å². The van der Waals surface area contributed by atoms with Gasteiger partial charge < -0.3 is 19.8 Å². The van der Waals surface area contributed by atoms with Crippen molar-refractivity contribution in [3.63, 3.8) is 0 Å². The van der Waals surface area contributed by atoms with Gasteiger partial charge in [-0.25, -0.2) is 0 Å². The van der Waals surface area contributed by atoms with Crippen molar-refractivity contribution in [2.24, 2.45) is 0 Å². The first-order chi connectivity index (χ1) is 10.6. The molecule has 0 spiro atoms. The average Bonchev–Trinajstić information content (AvgIpc) is 2.72. The van der Waals surface area contributed by atoms with E-state index >= 15 is 0 Å². The molecule has 0 saturated carbocycles. The summed E-state index contributed by atoms with van der Waals surface area (Å²) in [4.78, 5) is 14.8. The Bertz CT molecular complexity index is 533. The van der Waals surface area contributed by atoms with Crippen molar-refractivity contribution in [3.8, 4) is 5.75 Å². The summed E-state index contributed by atoms with van der Waals surface area (Å²) in [6.07, 6.45) is 3.96. The summed E-state index contributed by atoms with van der Waals surface area (Å²) in [6, 6.07) is 7.58. The number of para-hydroxylation sites is 1. The van der Waals surface area contributed by atoms with Crippen LogP contribution in [0.3, 0.4) is 0 Å². The van der Waals surface area contributed by atoms with Gasteiger partial charge >= 0.3 is 5.97 Å². The number of ether oxygens (including phenoxy) is 1. The normalized spacial score (nSPS) is 29.3. The van der Waals surface area contributed by atoms with Crippen molar-refractivity contribution in [1.82, 2.24) is 4.90 Å². The lowest BCUT2D eigenvalue weighted by Gasteiger charge is -2.36. The Kier molecular flexibility index (Phi) is 4.36. The molecule has 1 unspecified atom stereocenters. The third kappa shape index (κ3) is 2.83. The lowest BCUT2D eigenvalue weighted by Crippen LogP contribution is -2.43. The molecule has 5 heteroatoms. The van der Waals surface area contributed by atoms with E-state index in [2.05, 4.69) is 11.9 Å². The minimum absolute atomic E-state index is 0.0157. The number of hydrogen-bond acceptors (Lipinski definition) is 5. The van der Waals surface area contributed by atoms with Crippen molar-refractivity contribution in [2.45, 2.75) is 49.8 Å². The van der Waals surface area contributed by atoms with Gasteiger partial charge in [0.1, 0.15) is 17.8 Å². The van der Waals surface area contributed by atoms with E-state index in [-0.39, 0.29) is 18.5 Å². The Morgan fingerprint density at radius 3 is 2.55 bits per heavy atom. The second-order valence-electron chi connectivity index (χ2n) is 6.37. The average molecular weight is 305 g/mol. The highest BCUT2D eigenvalue weighted by atomic mass is 16.5. The van der Waals surface area contributed by atoms with Crippen LogP contribution in [0.15, 0.2) is 24.3 Å². The van der Waals surface area contributed by atoms with E-state index in [9.17, 15) is 15.0 Å². The zero-order chi connectivity index (χ0) is 15.7. The molecule has 2 fully saturated rings. The topological polar surface area (TPSA) is 70.0 Å². The second kappa shape index (κ2) is 6.26. The summed E-state index contributed by atoms with van der Waals surface area (Å²) in [5, 5.41) is 19.4. The molecule has 2 bridgehead atoms. The minimum atomic E-state index is -0.821. The smallest absolute Gasteiger partial charge is 0.316 e. The second-order valence-corrected chi connectivity index (χ2v) is 6.37. The highest BCUT2D eigenvalue weighted by molar-refractivity contribution is 5.79. The lowest BCUT2D eigenvalue weighted by molar-refractivity contribution is -0.155. The maximum Gasteiger partial charge on any atom is 0.316 e. The van der Waals surface area contributed by atoms with E-state index in [0.717, 1.165) is 25.7 Å². The molecule has 120 valence electrons. The summed E-state index contributed by atoms with van der Waals surface area (Å²) < 4.78 is 5.65. The number of aromatic hydroxyl groups is 1. The van der Waals surface area contributed by atoms with Gasteiger partial charge in [0.05, 0.1) is 6.61 Å². The number of fused-ring (bicyclic) bond motifs is 2. The first-order valence-corrected chi connectivity index (χ1v) is 7.91. The number of phenolic OH excluding ortho intramolecular Hbond substituents is 1. The molecule has 2 N–H and O–H groups in total. The number of carbonyl (C=O) groups is 1. The van der Waals surface area contributed by atoms with Gasteiger partial charge in [0.25, 0.3) is 0 Å². The Labute approximate surface area is 130 Å². The standard InChI is InChI=1S/C17H23NO4/c1-18-11-6-7-12(18)9-13(8-11)22-17(21)15(10-19)14-4-2-3-5-16(14)20/h2-5,11-13,15,19-20H,6-10H2,1H3/t11-,12+,13?,15-/m0/s1. The number of aliphatic hydroxyl groups is 1. The van der Waals surface area contributed by atoms with Crippen LogP contribution in [-0.2, 0) is 9.53 Å². The van der Waals surface area contributed by atoms with Gasteiger partial charge in [-0.3, -0.25) is 4.79 Å². The molecule has 4 atom stereocenters. The quantitative estimate of drug-likeness (QED) is 0.828. The van der Waals surface area contributed by atoms with Crippen molar-refractivity contribution < 1.29 is 19.7 Å². The summed E-state index contributed by atoms with van der Waals surface area (Å²) in [5.74, 6) is -1.25. The Morgan fingerprint density at radius 1 is 1.32 bits per heavy atom. The van der Waals surface area contributed by atoms with Gasteiger partial charge in [-0.2, -0.15) is 0 Å². The number of phenols is 1. The van der Waals surface area contributed by atoms with Gasteiger partial charge in [-0.05, 0) is 38.8 Å². The highest BCUT2D eigenvalue weighted by Crippen LogP contribution is 2.36. The van der Waals surface area contributed by atoms with Crippen molar-refractivity contribution in [2.75, 3.05) is 13.7 Å². The SMILES string of the molecule is CN1[C@@H]2CC[C@H]1CC(OC(=O)[C@@H](CO)c1ccccc1O)C2. The third-order valence-electron chi connectivity index (χ3n) is 5.12. The molecule has 0 radical (unpaired) electrons. The Balaban J connectivity index is 1.67. The molecule has 1 aromatic carbocycles. The monoisotopic (exact) mass is 305 g/mol. The van der Waals surface area contributed by atoms with Crippen LogP contribution in [0, 0.1) is 0 Å². The molecule has 1 aromatic rings. The number of esters is 1. The van der Waals surface area contributed by atoms with Crippen LogP contribution < -0.4 is 0 Å². The summed E-state index contributed by atoms with van der Waals surface area (Å²) >= 11 is 0. The first kappa shape index (κ1) is 15.3. The number of piperidine rings is 1. The van der Waals surface area contributed by atoms with Crippen LogP contribution in [0.1, 0.15) is 37.2 Å². The molecule has 22 heavy (non-hydrogen) atoms. The fourth-order valence-electron chi connectivity index (χ4n) is 3.79. The maximum atomic E-state index is 12.4. The molecule has 5 nitrogen and oxygen atoms in total. The number of carbonyl (C=O) groups excluding carboxylic acids is 1. The van der Waals surface area contributed by atoms with Gasteiger partial charge in [-0.15, -0.1) is 0 Å². The summed E-state index contributed by atoms with van der Waals surface area (Å²) in [5.41, 5.74) is 0.422. The van der Waals surface area contributed by atoms with E-state index < -0.39 is 11.9 Å². The van der Waals surface area contributed by atoms with Gasteiger partial charge in [0.15, 0.2) is 0 Å². The molecule has 0 amide bonds. The molecular weight excluding hydrogens is 282 g/mol. The summed E-state index contributed by atoms with van der Waals surface area (Å²) in [6.45, 7) is -0.365. The van der Waals surface area contributed by atoms with E-state index in [1.807, 2.05) is 0 Å². The number of nitrogens with zero attached hydrogens (tertiary/aromatic N) is 1. The van der Waals surface area contributed by atoms with E-state index in [1.54, 1.807) is 18.2 Å². The molecule has 2 saturated heterocycles. The molecule has 3 rings (SSSR count). The van der Waals surface area contributed by atoms with Crippen LogP contribution in [-0.4, -0.2) is 52.9 Å². The molecular formula is C17H23NO4. The Hall–Kier alpha value is -1.59. The third-order valence-corrected chi connectivity index (χ3v) is 5.12. The number of benzene rings is 1. The predicted octanol–water partition coefficient (Wildman–Crippen LogP) is 1.64. The molecule has 2 aliphatic rings. The van der Waals surface area contributed by atoms with E-state index in [1.165, 1.54) is 6.07 Å². The highest BCUT2D eigenvalue weighted by Gasteiger charge is 2.40. The van der Waals surface area contributed by atoms with Crippen molar-refractivity contribution >= 4 is 5.97 Å². The van der Waals surface area contributed by atoms with E-state index in [0.29, 0.717) is 17.6 Å². The number of hydrogen-bond donors (Lipinski definition) is 2. The zero-order valence-electron chi connectivity index (χ0n) is 12.8. The Morgan fingerprint density at radius 2 is 1.95 bits per heavy atom. The van der Waals surface area contributed by atoms with Crippen LogP contribution >= 0.6 is 0 Å². The molecule has 0 aromatic heterocycles. The minimum Gasteiger partial charge on any atom is -0.508 e.